The normalized spacial score (nSPS) is 15.1. The standard InChI is InChI=1S/C21H21N7O2/c1-30-15-7-2-5-13(11-15)17-18-19(25-20(22)24-17)28(27-26-18)12-14-6-3-8-16(23-14)21(29)9-4-10-21/h2-3,5-8,11,29H,4,9-10,12H2,1H3,(H2,22,24,25). The number of nitrogens with zero attached hydrogens (tertiary/aromatic N) is 6. The highest BCUT2D eigenvalue weighted by atomic mass is 16.5. The molecule has 1 fully saturated rings. The number of hydrogen-bond donors (Lipinski definition) is 2. The monoisotopic (exact) mass is 403 g/mol. The Labute approximate surface area is 172 Å². The van der Waals surface area contributed by atoms with Gasteiger partial charge >= 0.3 is 0 Å². The number of ether oxygens (including phenoxy) is 1. The van der Waals surface area contributed by atoms with E-state index >= 15 is 0 Å². The molecule has 9 nitrogen and oxygen atoms in total. The first-order valence-electron chi connectivity index (χ1n) is 9.76. The number of aromatic nitrogens is 6. The summed E-state index contributed by atoms with van der Waals surface area (Å²) in [6, 6.07) is 13.2. The minimum absolute atomic E-state index is 0.134. The third-order valence-electron chi connectivity index (χ3n) is 5.50. The van der Waals surface area contributed by atoms with Gasteiger partial charge in [-0.25, -0.2) is 9.67 Å². The van der Waals surface area contributed by atoms with Crippen LogP contribution in [0.15, 0.2) is 42.5 Å². The van der Waals surface area contributed by atoms with E-state index < -0.39 is 5.60 Å². The number of anilines is 1. The van der Waals surface area contributed by atoms with Crippen molar-refractivity contribution in [3.63, 3.8) is 0 Å². The highest BCUT2D eigenvalue weighted by Gasteiger charge is 2.37. The molecule has 0 saturated heterocycles. The van der Waals surface area contributed by atoms with E-state index in [-0.39, 0.29) is 5.95 Å². The molecule has 1 aromatic carbocycles. The van der Waals surface area contributed by atoms with Crippen molar-refractivity contribution in [3.8, 4) is 17.0 Å². The van der Waals surface area contributed by atoms with Crippen molar-refractivity contribution in [2.45, 2.75) is 31.4 Å². The lowest BCUT2D eigenvalue weighted by Crippen LogP contribution is -2.34. The molecule has 3 N–H and O–H groups in total. The Balaban J connectivity index is 1.54. The van der Waals surface area contributed by atoms with E-state index in [9.17, 15) is 5.11 Å². The average molecular weight is 403 g/mol. The minimum atomic E-state index is -0.813. The topological polar surface area (TPSA) is 125 Å². The van der Waals surface area contributed by atoms with Gasteiger partial charge in [0, 0.05) is 5.56 Å². The van der Waals surface area contributed by atoms with Crippen molar-refractivity contribution in [2.75, 3.05) is 12.8 Å². The predicted octanol–water partition coefficient (Wildman–Crippen LogP) is 2.29. The maximum absolute atomic E-state index is 10.6. The number of fused-ring (bicyclic) bond motifs is 1. The van der Waals surface area contributed by atoms with Gasteiger partial charge < -0.3 is 15.6 Å². The molecule has 5 rings (SSSR count). The summed E-state index contributed by atoms with van der Waals surface area (Å²) in [6.07, 6.45) is 2.49. The van der Waals surface area contributed by atoms with E-state index in [0.29, 0.717) is 34.8 Å². The van der Waals surface area contributed by atoms with Crippen LogP contribution in [-0.2, 0) is 12.1 Å². The molecular weight excluding hydrogens is 382 g/mol. The summed E-state index contributed by atoms with van der Waals surface area (Å²) in [4.78, 5) is 13.4. The number of pyridine rings is 1. The third-order valence-corrected chi connectivity index (χ3v) is 5.50. The van der Waals surface area contributed by atoms with Gasteiger partial charge in [0.2, 0.25) is 5.95 Å². The lowest BCUT2D eigenvalue weighted by molar-refractivity contribution is -0.0427. The van der Waals surface area contributed by atoms with Crippen LogP contribution in [0.5, 0.6) is 5.75 Å². The molecule has 152 valence electrons. The van der Waals surface area contributed by atoms with Crippen LogP contribution in [0.25, 0.3) is 22.4 Å². The molecule has 0 atom stereocenters. The second-order valence-corrected chi connectivity index (χ2v) is 7.48. The average Bonchev–Trinajstić information content (AvgIpc) is 3.14. The van der Waals surface area contributed by atoms with Crippen LogP contribution < -0.4 is 10.5 Å². The van der Waals surface area contributed by atoms with Gasteiger partial charge in [-0.15, -0.1) is 5.10 Å². The van der Waals surface area contributed by atoms with Crippen molar-refractivity contribution in [3.05, 3.63) is 53.9 Å². The number of nitrogen functional groups attached to an aromatic ring is 1. The number of hydrogen-bond acceptors (Lipinski definition) is 8. The van der Waals surface area contributed by atoms with Crippen LogP contribution >= 0.6 is 0 Å². The largest absolute Gasteiger partial charge is 0.497 e. The number of nitrogens with two attached hydrogens (primary N) is 1. The summed E-state index contributed by atoms with van der Waals surface area (Å²) in [5, 5.41) is 19.2. The second kappa shape index (κ2) is 7.03. The van der Waals surface area contributed by atoms with Crippen LogP contribution in [0.1, 0.15) is 30.7 Å². The molecule has 0 amide bonds. The lowest BCUT2D eigenvalue weighted by Gasteiger charge is -2.36. The first-order chi connectivity index (χ1) is 14.6. The zero-order valence-electron chi connectivity index (χ0n) is 16.5. The van der Waals surface area contributed by atoms with E-state index in [1.165, 1.54) is 0 Å². The zero-order valence-corrected chi connectivity index (χ0v) is 16.5. The summed E-state index contributed by atoms with van der Waals surface area (Å²) in [5.41, 5.74) is 9.11. The van der Waals surface area contributed by atoms with Crippen molar-refractivity contribution in [1.82, 2.24) is 29.9 Å². The van der Waals surface area contributed by atoms with E-state index in [1.807, 2.05) is 42.5 Å². The summed E-state index contributed by atoms with van der Waals surface area (Å²) < 4.78 is 6.96. The molecule has 4 aromatic rings. The first-order valence-corrected chi connectivity index (χ1v) is 9.76. The summed E-state index contributed by atoms with van der Waals surface area (Å²) >= 11 is 0. The van der Waals surface area contributed by atoms with E-state index in [1.54, 1.807) is 11.8 Å². The fourth-order valence-corrected chi connectivity index (χ4v) is 3.70. The molecule has 0 spiro atoms. The summed E-state index contributed by atoms with van der Waals surface area (Å²) in [7, 11) is 1.61. The molecule has 1 saturated carbocycles. The smallest absolute Gasteiger partial charge is 0.222 e. The predicted molar refractivity (Wildman–Crippen MR) is 111 cm³/mol. The molecule has 0 aliphatic heterocycles. The first kappa shape index (κ1) is 18.4. The van der Waals surface area contributed by atoms with Crippen LogP contribution in [0.3, 0.4) is 0 Å². The van der Waals surface area contributed by atoms with Gasteiger partial charge in [-0.05, 0) is 43.5 Å². The molecule has 3 heterocycles. The molecule has 3 aromatic heterocycles. The molecule has 1 aliphatic rings. The maximum Gasteiger partial charge on any atom is 0.222 e. The van der Waals surface area contributed by atoms with Crippen LogP contribution in [0, 0.1) is 0 Å². The van der Waals surface area contributed by atoms with Gasteiger partial charge in [-0.2, -0.15) is 4.98 Å². The highest BCUT2D eigenvalue weighted by Crippen LogP contribution is 2.40. The van der Waals surface area contributed by atoms with Crippen molar-refractivity contribution in [2.24, 2.45) is 0 Å². The lowest BCUT2D eigenvalue weighted by atomic mass is 9.77. The Morgan fingerprint density at radius 2 is 1.97 bits per heavy atom. The number of aliphatic hydroxyl groups is 1. The maximum atomic E-state index is 10.6. The Morgan fingerprint density at radius 1 is 1.13 bits per heavy atom. The summed E-state index contributed by atoms with van der Waals surface area (Å²) in [5.74, 6) is 0.842. The Morgan fingerprint density at radius 3 is 2.73 bits per heavy atom. The molecule has 30 heavy (non-hydrogen) atoms. The van der Waals surface area contributed by atoms with Gasteiger partial charge in [-0.3, -0.25) is 4.98 Å². The zero-order chi connectivity index (χ0) is 20.7. The number of benzene rings is 1. The summed E-state index contributed by atoms with van der Waals surface area (Å²) in [6.45, 7) is 0.356. The fourth-order valence-electron chi connectivity index (χ4n) is 3.70. The van der Waals surface area contributed by atoms with E-state index in [4.69, 9.17) is 10.5 Å². The van der Waals surface area contributed by atoms with Crippen molar-refractivity contribution >= 4 is 17.1 Å². The SMILES string of the molecule is COc1cccc(-c2nc(N)nc3c2nnn3Cc2cccc(C3(O)CCC3)n2)c1. The second-order valence-electron chi connectivity index (χ2n) is 7.48. The van der Waals surface area contributed by atoms with Crippen molar-refractivity contribution in [1.29, 1.82) is 0 Å². The molecular formula is C21H21N7O2. The van der Waals surface area contributed by atoms with E-state index in [2.05, 4.69) is 25.3 Å². The van der Waals surface area contributed by atoms with Gasteiger partial charge in [0.15, 0.2) is 11.2 Å². The van der Waals surface area contributed by atoms with Crippen molar-refractivity contribution < 1.29 is 9.84 Å². The molecule has 0 radical (unpaired) electrons. The van der Waals surface area contributed by atoms with Gasteiger partial charge in [-0.1, -0.05) is 23.4 Å². The van der Waals surface area contributed by atoms with Gasteiger partial charge in [0.05, 0.1) is 25.0 Å². The Kier molecular flexibility index (Phi) is 4.32. The number of rotatable bonds is 5. The molecule has 9 heteroatoms. The van der Waals surface area contributed by atoms with Crippen LogP contribution in [-0.4, -0.2) is 42.2 Å². The number of methoxy groups -OCH3 is 1. The van der Waals surface area contributed by atoms with Crippen LogP contribution in [0.2, 0.25) is 0 Å². The highest BCUT2D eigenvalue weighted by molar-refractivity contribution is 5.88. The van der Waals surface area contributed by atoms with Gasteiger partial charge in [0.25, 0.3) is 0 Å². The third kappa shape index (κ3) is 3.13. The molecule has 0 bridgehead atoms. The van der Waals surface area contributed by atoms with Crippen LogP contribution in [0.4, 0.5) is 5.95 Å². The minimum Gasteiger partial charge on any atom is -0.497 e. The van der Waals surface area contributed by atoms with E-state index in [0.717, 1.165) is 30.5 Å². The quantitative estimate of drug-likeness (QED) is 0.520. The fraction of sp³-hybridized carbons (Fsp3) is 0.286. The Hall–Kier alpha value is -3.59. The molecule has 0 unspecified atom stereocenters. The molecule has 1 aliphatic carbocycles. The Bertz CT molecular complexity index is 1230. The van der Waals surface area contributed by atoms with Gasteiger partial charge in [0.1, 0.15) is 17.0 Å².